The predicted octanol–water partition coefficient (Wildman–Crippen LogP) is 1.49. The summed E-state index contributed by atoms with van der Waals surface area (Å²) < 4.78 is 4.57. The Bertz CT molecular complexity index is 334. The minimum Gasteiger partial charge on any atom is -0.469 e. The lowest BCUT2D eigenvalue weighted by Gasteiger charge is -2.14. The molecule has 0 fully saturated rings. The summed E-state index contributed by atoms with van der Waals surface area (Å²) in [6, 6.07) is 3.48. The number of hydrogen-bond donors (Lipinski definition) is 1. The van der Waals surface area contributed by atoms with E-state index >= 15 is 0 Å². The molecule has 1 aromatic rings. The third-order valence-corrected chi connectivity index (χ3v) is 2.85. The van der Waals surface area contributed by atoms with Crippen molar-refractivity contribution in [1.82, 2.24) is 5.32 Å². The fourth-order valence-corrected chi connectivity index (χ4v) is 1.99. The lowest BCUT2D eigenvalue weighted by Crippen LogP contribution is -2.27. The summed E-state index contributed by atoms with van der Waals surface area (Å²) in [5.41, 5.74) is 0. The number of esters is 1. The number of hydrogen-bond acceptors (Lipinski definition) is 4. The van der Waals surface area contributed by atoms with Gasteiger partial charge in [0.25, 0.3) is 0 Å². The average Bonchev–Trinajstić information content (AvgIpc) is 2.68. The zero-order valence-electron chi connectivity index (χ0n) is 8.65. The first kappa shape index (κ1) is 11.7. The van der Waals surface area contributed by atoms with Crippen LogP contribution in [0.5, 0.6) is 0 Å². The van der Waals surface area contributed by atoms with Crippen LogP contribution in [0.2, 0.25) is 0 Å². The quantitative estimate of drug-likeness (QED) is 0.793. The first-order valence-corrected chi connectivity index (χ1v) is 5.38. The van der Waals surface area contributed by atoms with Gasteiger partial charge in [0.15, 0.2) is 0 Å². The summed E-state index contributed by atoms with van der Waals surface area (Å²) in [5, 5.41) is 4.62. The molecule has 82 valence electrons. The van der Waals surface area contributed by atoms with Crippen LogP contribution in [0.3, 0.4) is 0 Å². The highest BCUT2D eigenvalue weighted by Gasteiger charge is 2.17. The van der Waals surface area contributed by atoms with E-state index in [9.17, 15) is 9.59 Å². The van der Waals surface area contributed by atoms with E-state index in [0.29, 0.717) is 0 Å². The Morgan fingerprint density at radius 2 is 2.33 bits per heavy atom. The molecule has 1 atom stereocenters. The first-order chi connectivity index (χ1) is 7.13. The van der Waals surface area contributed by atoms with E-state index in [1.165, 1.54) is 25.4 Å². The Labute approximate surface area is 92.2 Å². The van der Waals surface area contributed by atoms with Gasteiger partial charge in [0.05, 0.1) is 19.6 Å². The first-order valence-electron chi connectivity index (χ1n) is 4.50. The molecule has 15 heavy (non-hydrogen) atoms. The number of amides is 1. The topological polar surface area (TPSA) is 55.4 Å². The van der Waals surface area contributed by atoms with Crippen LogP contribution >= 0.6 is 11.3 Å². The van der Waals surface area contributed by atoms with Crippen molar-refractivity contribution in [2.24, 2.45) is 0 Å². The summed E-state index contributed by atoms with van der Waals surface area (Å²) in [6.07, 6.45) is 0.163. The minimum atomic E-state index is -0.331. The summed E-state index contributed by atoms with van der Waals surface area (Å²) in [7, 11) is 1.33. The number of thiophene rings is 1. The number of ether oxygens (including phenoxy) is 1. The summed E-state index contributed by atoms with van der Waals surface area (Å²) >= 11 is 1.50. The molecule has 5 heteroatoms. The van der Waals surface area contributed by atoms with Crippen LogP contribution in [0, 0.1) is 0 Å². The standard InChI is InChI=1S/C10H13NO3S/c1-7(12)11-8(6-10(13)14-2)9-4-3-5-15-9/h3-5,8H,6H2,1-2H3,(H,11,12)/t8-/m0/s1. The molecule has 1 aromatic heterocycles. The number of nitrogens with one attached hydrogen (secondary N) is 1. The molecule has 0 radical (unpaired) electrons. The molecule has 0 saturated carbocycles. The second-order valence-electron chi connectivity index (χ2n) is 3.05. The van der Waals surface area contributed by atoms with Gasteiger partial charge in [-0.1, -0.05) is 6.07 Å². The van der Waals surface area contributed by atoms with E-state index in [1.54, 1.807) is 0 Å². The Kier molecular flexibility index (Phi) is 4.30. The van der Waals surface area contributed by atoms with Crippen LogP contribution in [-0.4, -0.2) is 19.0 Å². The van der Waals surface area contributed by atoms with Crippen LogP contribution in [-0.2, 0) is 14.3 Å². The summed E-state index contributed by atoms with van der Waals surface area (Å²) in [6.45, 7) is 1.43. The van der Waals surface area contributed by atoms with E-state index < -0.39 is 0 Å². The zero-order chi connectivity index (χ0) is 11.3. The zero-order valence-corrected chi connectivity index (χ0v) is 9.47. The van der Waals surface area contributed by atoms with Gasteiger partial charge in [-0.2, -0.15) is 0 Å². The van der Waals surface area contributed by atoms with Gasteiger partial charge in [0.1, 0.15) is 0 Å². The maximum Gasteiger partial charge on any atom is 0.307 e. The maximum absolute atomic E-state index is 11.1. The van der Waals surface area contributed by atoms with E-state index in [1.807, 2.05) is 17.5 Å². The Hall–Kier alpha value is -1.36. The van der Waals surface area contributed by atoms with E-state index in [0.717, 1.165) is 4.88 Å². The van der Waals surface area contributed by atoms with Crippen LogP contribution in [0.25, 0.3) is 0 Å². The molecule has 0 aromatic carbocycles. The molecule has 1 amide bonds. The summed E-state index contributed by atoms with van der Waals surface area (Å²) in [5.74, 6) is -0.487. The summed E-state index contributed by atoms with van der Waals surface area (Å²) in [4.78, 5) is 23.0. The molecule has 0 bridgehead atoms. The Morgan fingerprint density at radius 3 is 2.80 bits per heavy atom. The van der Waals surface area contributed by atoms with Gasteiger partial charge in [-0.25, -0.2) is 0 Å². The lowest BCUT2D eigenvalue weighted by molar-refractivity contribution is -0.141. The van der Waals surface area contributed by atoms with Crippen molar-refractivity contribution in [1.29, 1.82) is 0 Å². The molecule has 0 aliphatic rings. The minimum absolute atomic E-state index is 0.155. The van der Waals surface area contributed by atoms with Gasteiger partial charge in [-0.15, -0.1) is 11.3 Å². The van der Waals surface area contributed by atoms with Crippen molar-refractivity contribution in [3.05, 3.63) is 22.4 Å². The molecule has 0 aliphatic heterocycles. The van der Waals surface area contributed by atoms with Gasteiger partial charge in [0.2, 0.25) is 5.91 Å². The Morgan fingerprint density at radius 1 is 1.60 bits per heavy atom. The largest absolute Gasteiger partial charge is 0.469 e. The molecule has 1 N–H and O–H groups in total. The van der Waals surface area contributed by atoms with Crippen molar-refractivity contribution in [2.75, 3.05) is 7.11 Å². The normalized spacial score (nSPS) is 11.9. The predicted molar refractivity (Wildman–Crippen MR) is 57.5 cm³/mol. The highest BCUT2D eigenvalue weighted by molar-refractivity contribution is 7.10. The van der Waals surface area contributed by atoms with Crippen LogP contribution < -0.4 is 5.32 Å². The van der Waals surface area contributed by atoms with Crippen molar-refractivity contribution in [3.63, 3.8) is 0 Å². The molecule has 4 nitrogen and oxygen atoms in total. The van der Waals surface area contributed by atoms with Crippen LogP contribution in [0.1, 0.15) is 24.3 Å². The smallest absolute Gasteiger partial charge is 0.307 e. The molecular weight excluding hydrogens is 214 g/mol. The molecule has 0 spiro atoms. The average molecular weight is 227 g/mol. The van der Waals surface area contributed by atoms with Crippen LogP contribution in [0.4, 0.5) is 0 Å². The molecule has 1 rings (SSSR count). The van der Waals surface area contributed by atoms with E-state index in [4.69, 9.17) is 0 Å². The van der Waals surface area contributed by atoms with Crippen molar-refractivity contribution in [3.8, 4) is 0 Å². The Balaban J connectivity index is 2.70. The van der Waals surface area contributed by atoms with Gasteiger partial charge in [-0.3, -0.25) is 9.59 Å². The number of carbonyl (C=O) groups is 2. The molecule has 0 saturated heterocycles. The molecular formula is C10H13NO3S. The van der Waals surface area contributed by atoms with Crippen molar-refractivity contribution < 1.29 is 14.3 Å². The van der Waals surface area contributed by atoms with Gasteiger partial charge in [0, 0.05) is 11.8 Å². The third-order valence-electron chi connectivity index (χ3n) is 1.86. The van der Waals surface area contributed by atoms with Crippen LogP contribution in [0.15, 0.2) is 17.5 Å². The second-order valence-corrected chi connectivity index (χ2v) is 4.03. The van der Waals surface area contributed by atoms with E-state index in [-0.39, 0.29) is 24.3 Å². The van der Waals surface area contributed by atoms with Gasteiger partial charge >= 0.3 is 5.97 Å². The molecule has 0 aliphatic carbocycles. The lowest BCUT2D eigenvalue weighted by atomic mass is 10.1. The highest BCUT2D eigenvalue weighted by Crippen LogP contribution is 2.22. The molecule has 0 unspecified atom stereocenters. The fraction of sp³-hybridized carbons (Fsp3) is 0.400. The molecule has 1 heterocycles. The maximum atomic E-state index is 11.1. The van der Waals surface area contributed by atoms with Gasteiger partial charge in [-0.05, 0) is 11.4 Å². The number of carbonyl (C=O) groups excluding carboxylic acids is 2. The van der Waals surface area contributed by atoms with E-state index in [2.05, 4.69) is 10.1 Å². The monoisotopic (exact) mass is 227 g/mol. The van der Waals surface area contributed by atoms with Crippen molar-refractivity contribution >= 4 is 23.2 Å². The van der Waals surface area contributed by atoms with Crippen molar-refractivity contribution in [2.45, 2.75) is 19.4 Å². The number of methoxy groups -OCH3 is 1. The number of rotatable bonds is 4. The van der Waals surface area contributed by atoms with Gasteiger partial charge < -0.3 is 10.1 Å². The third kappa shape index (κ3) is 3.71. The second kappa shape index (κ2) is 5.50. The fourth-order valence-electron chi connectivity index (χ4n) is 1.21. The highest BCUT2D eigenvalue weighted by atomic mass is 32.1. The SMILES string of the molecule is COC(=O)C[C@H](NC(C)=O)c1cccs1.